The van der Waals surface area contributed by atoms with E-state index in [1.807, 2.05) is 37.3 Å². The number of carboxylic acids is 1. The Bertz CT molecular complexity index is 655. The number of benzene rings is 1. The maximum absolute atomic E-state index is 12.2. The standard InChI is InChI=1S/C15H16N2O4S/c1-10-17-13(11-5-3-2-4-6-11)14(22-10)15(20)16-7-8-21-9-12(18)19/h2-6H,7-9H2,1H3,(H,16,20)(H,18,19). The number of hydrogen-bond donors (Lipinski definition) is 2. The molecule has 0 aliphatic carbocycles. The molecule has 0 aliphatic rings. The van der Waals surface area contributed by atoms with Gasteiger partial charge in [0.1, 0.15) is 11.5 Å². The highest BCUT2D eigenvalue weighted by Gasteiger charge is 2.17. The van der Waals surface area contributed by atoms with E-state index < -0.39 is 5.97 Å². The second-order valence-electron chi connectivity index (χ2n) is 4.48. The van der Waals surface area contributed by atoms with Gasteiger partial charge < -0.3 is 15.2 Å². The number of carbonyl (C=O) groups excluding carboxylic acids is 1. The summed E-state index contributed by atoms with van der Waals surface area (Å²) in [6.45, 7) is 1.88. The average Bonchev–Trinajstić information content (AvgIpc) is 2.89. The molecule has 0 saturated heterocycles. The normalized spacial score (nSPS) is 10.4. The highest BCUT2D eigenvalue weighted by atomic mass is 32.1. The minimum atomic E-state index is -1.03. The fraction of sp³-hybridized carbons (Fsp3) is 0.267. The third-order valence-corrected chi connectivity index (χ3v) is 3.71. The molecule has 0 saturated carbocycles. The Morgan fingerprint density at radius 3 is 2.73 bits per heavy atom. The quantitative estimate of drug-likeness (QED) is 0.761. The Balaban J connectivity index is 2.00. The Hall–Kier alpha value is -2.25. The van der Waals surface area contributed by atoms with Gasteiger partial charge in [0.2, 0.25) is 0 Å². The molecule has 0 aliphatic heterocycles. The van der Waals surface area contributed by atoms with Crippen molar-refractivity contribution in [1.82, 2.24) is 10.3 Å². The molecule has 7 heteroatoms. The molecule has 1 amide bonds. The summed E-state index contributed by atoms with van der Waals surface area (Å²) in [6.07, 6.45) is 0. The molecule has 6 nitrogen and oxygen atoms in total. The Morgan fingerprint density at radius 1 is 1.32 bits per heavy atom. The monoisotopic (exact) mass is 320 g/mol. The SMILES string of the molecule is Cc1nc(-c2ccccc2)c(C(=O)NCCOCC(=O)O)s1. The molecule has 1 aromatic heterocycles. The van der Waals surface area contributed by atoms with Crippen molar-refractivity contribution in [3.63, 3.8) is 0 Å². The van der Waals surface area contributed by atoms with Crippen molar-refractivity contribution in [2.24, 2.45) is 0 Å². The summed E-state index contributed by atoms with van der Waals surface area (Å²) < 4.78 is 4.87. The van der Waals surface area contributed by atoms with Crippen LogP contribution in [0.2, 0.25) is 0 Å². The molecule has 0 fully saturated rings. The maximum Gasteiger partial charge on any atom is 0.329 e. The third-order valence-electron chi connectivity index (χ3n) is 2.75. The molecular formula is C15H16N2O4S. The first-order valence-corrected chi connectivity index (χ1v) is 7.50. The highest BCUT2D eigenvalue weighted by molar-refractivity contribution is 7.14. The number of carboxylic acid groups (broad SMARTS) is 1. The van der Waals surface area contributed by atoms with Crippen molar-refractivity contribution >= 4 is 23.2 Å². The number of hydrogen-bond acceptors (Lipinski definition) is 5. The average molecular weight is 320 g/mol. The van der Waals surface area contributed by atoms with Gasteiger partial charge in [0.15, 0.2) is 0 Å². The molecule has 22 heavy (non-hydrogen) atoms. The van der Waals surface area contributed by atoms with Crippen LogP contribution in [0.15, 0.2) is 30.3 Å². The summed E-state index contributed by atoms with van der Waals surface area (Å²) in [6, 6.07) is 9.50. The van der Waals surface area contributed by atoms with E-state index in [1.54, 1.807) is 0 Å². The van der Waals surface area contributed by atoms with Crippen LogP contribution in [-0.4, -0.2) is 41.7 Å². The molecule has 0 radical (unpaired) electrons. The Morgan fingerprint density at radius 2 is 2.05 bits per heavy atom. The van der Waals surface area contributed by atoms with Crippen molar-refractivity contribution in [2.75, 3.05) is 19.8 Å². The number of thiazole rings is 1. The van der Waals surface area contributed by atoms with Crippen LogP contribution in [0.25, 0.3) is 11.3 Å². The van der Waals surface area contributed by atoms with E-state index in [0.29, 0.717) is 10.6 Å². The zero-order chi connectivity index (χ0) is 15.9. The Kier molecular flexibility index (Phi) is 5.62. The first-order chi connectivity index (χ1) is 10.6. The lowest BCUT2D eigenvalue weighted by Gasteiger charge is -2.05. The third kappa shape index (κ3) is 4.37. The number of amides is 1. The van der Waals surface area contributed by atoms with Crippen LogP contribution in [0.3, 0.4) is 0 Å². The molecule has 0 unspecified atom stereocenters. The minimum Gasteiger partial charge on any atom is -0.480 e. The number of rotatable bonds is 7. The van der Waals surface area contributed by atoms with Gasteiger partial charge in [-0.2, -0.15) is 0 Å². The minimum absolute atomic E-state index is 0.149. The van der Waals surface area contributed by atoms with Gasteiger partial charge in [0, 0.05) is 12.1 Å². The molecule has 2 N–H and O–H groups in total. The van der Waals surface area contributed by atoms with E-state index in [1.165, 1.54) is 11.3 Å². The summed E-state index contributed by atoms with van der Waals surface area (Å²) in [7, 11) is 0. The fourth-order valence-electron chi connectivity index (χ4n) is 1.85. The second kappa shape index (κ2) is 7.67. The smallest absolute Gasteiger partial charge is 0.329 e. The lowest BCUT2D eigenvalue weighted by atomic mass is 10.1. The maximum atomic E-state index is 12.2. The van der Waals surface area contributed by atoms with E-state index in [0.717, 1.165) is 10.6 Å². The van der Waals surface area contributed by atoms with Crippen molar-refractivity contribution in [3.8, 4) is 11.3 Å². The predicted molar refractivity (Wildman–Crippen MR) is 83.1 cm³/mol. The Labute approximate surface area is 131 Å². The fourth-order valence-corrected chi connectivity index (χ4v) is 2.71. The van der Waals surface area contributed by atoms with E-state index in [9.17, 15) is 9.59 Å². The second-order valence-corrected chi connectivity index (χ2v) is 5.68. The predicted octanol–water partition coefficient (Wildman–Crippen LogP) is 1.95. The molecule has 0 atom stereocenters. The summed E-state index contributed by atoms with van der Waals surface area (Å²) in [5, 5.41) is 12.0. The number of aliphatic carboxylic acids is 1. The number of nitrogens with one attached hydrogen (secondary N) is 1. The highest BCUT2D eigenvalue weighted by Crippen LogP contribution is 2.27. The van der Waals surface area contributed by atoms with Crippen molar-refractivity contribution in [1.29, 1.82) is 0 Å². The molecule has 0 spiro atoms. The first kappa shape index (κ1) is 16.1. The van der Waals surface area contributed by atoms with Gasteiger partial charge in [-0.05, 0) is 6.92 Å². The van der Waals surface area contributed by atoms with Crippen LogP contribution in [0.4, 0.5) is 0 Å². The van der Waals surface area contributed by atoms with Gasteiger partial charge >= 0.3 is 5.97 Å². The zero-order valence-corrected chi connectivity index (χ0v) is 12.9. The van der Waals surface area contributed by atoms with Crippen LogP contribution in [0.1, 0.15) is 14.7 Å². The van der Waals surface area contributed by atoms with Crippen LogP contribution < -0.4 is 5.32 Å². The van der Waals surface area contributed by atoms with E-state index >= 15 is 0 Å². The van der Waals surface area contributed by atoms with Crippen LogP contribution in [0.5, 0.6) is 0 Å². The largest absolute Gasteiger partial charge is 0.480 e. The number of aromatic nitrogens is 1. The summed E-state index contributed by atoms with van der Waals surface area (Å²) in [5.41, 5.74) is 1.55. The van der Waals surface area contributed by atoms with Crippen molar-refractivity contribution in [3.05, 3.63) is 40.2 Å². The summed E-state index contributed by atoms with van der Waals surface area (Å²) >= 11 is 1.33. The van der Waals surface area contributed by atoms with Crippen molar-refractivity contribution in [2.45, 2.75) is 6.92 Å². The lowest BCUT2D eigenvalue weighted by Crippen LogP contribution is -2.27. The van der Waals surface area contributed by atoms with Gasteiger partial charge in [-0.1, -0.05) is 30.3 Å². The molecule has 1 heterocycles. The van der Waals surface area contributed by atoms with Crippen LogP contribution in [-0.2, 0) is 9.53 Å². The van der Waals surface area contributed by atoms with E-state index in [-0.39, 0.29) is 25.7 Å². The number of carbonyl (C=O) groups is 2. The van der Waals surface area contributed by atoms with Crippen molar-refractivity contribution < 1.29 is 19.4 Å². The molecule has 0 bridgehead atoms. The van der Waals surface area contributed by atoms with E-state index in [4.69, 9.17) is 9.84 Å². The summed E-state index contributed by atoms with van der Waals surface area (Å²) in [5.74, 6) is -1.26. The zero-order valence-electron chi connectivity index (χ0n) is 12.0. The van der Waals surface area contributed by atoms with Gasteiger partial charge in [0.05, 0.1) is 17.3 Å². The molecule has 116 valence electrons. The van der Waals surface area contributed by atoms with Gasteiger partial charge in [0.25, 0.3) is 5.91 Å². The number of aryl methyl sites for hydroxylation is 1. The molecular weight excluding hydrogens is 304 g/mol. The first-order valence-electron chi connectivity index (χ1n) is 6.68. The summed E-state index contributed by atoms with van der Waals surface area (Å²) in [4.78, 5) is 27.5. The number of ether oxygens (including phenoxy) is 1. The van der Waals surface area contributed by atoms with Crippen LogP contribution in [0, 0.1) is 6.92 Å². The van der Waals surface area contributed by atoms with Gasteiger partial charge in [-0.3, -0.25) is 4.79 Å². The molecule has 2 rings (SSSR count). The van der Waals surface area contributed by atoms with Gasteiger partial charge in [-0.25, -0.2) is 9.78 Å². The molecule has 2 aromatic rings. The van der Waals surface area contributed by atoms with Crippen LogP contribution >= 0.6 is 11.3 Å². The number of nitrogens with zero attached hydrogens (tertiary/aromatic N) is 1. The lowest BCUT2D eigenvalue weighted by molar-refractivity contribution is -0.142. The topological polar surface area (TPSA) is 88.5 Å². The molecule has 1 aromatic carbocycles. The van der Waals surface area contributed by atoms with E-state index in [2.05, 4.69) is 10.3 Å². The van der Waals surface area contributed by atoms with Gasteiger partial charge in [-0.15, -0.1) is 11.3 Å².